The summed E-state index contributed by atoms with van der Waals surface area (Å²) in [6, 6.07) is 13.8. The predicted molar refractivity (Wildman–Crippen MR) is 381 cm³/mol. The number of esters is 2. The molecule has 507 valence electrons. The number of likely N-dealkylation sites (tertiary alicyclic amines) is 2. The van der Waals surface area contributed by atoms with Gasteiger partial charge in [0, 0.05) is 53.9 Å². The number of fused-ring (bicyclic) bond motifs is 4. The maximum Gasteiger partial charge on any atom is 0.173 e. The van der Waals surface area contributed by atoms with Gasteiger partial charge in [0.2, 0.25) is 23.4 Å². The Labute approximate surface area is 600 Å². The SMILES string of the molecule is COC(=O)N[C@H](C(=O)N1CCC[C@@]1(C)C(=O)OCC(=O)c1ccc(-c2ccc(C(=O)COC(=O)[C@]3(C)CCCN3C(=O)[C@@H](NC(=O)OC)C(C)C)c3c2CCC3)c2c1CCC2)C(C)C.C[IH]I.O=C(CBr)c1ccc(-c2ccc(C(=O)CBr)c3c2CCC3)c2c1CCC2.[V]. The summed E-state index contributed by atoms with van der Waals surface area (Å²) in [5.41, 5.74) is 13.6. The second kappa shape index (κ2) is 34.0. The van der Waals surface area contributed by atoms with Crippen LogP contribution in [0.4, 0.5) is 9.59 Å². The first-order valence-corrected chi connectivity index (χ1v) is 43.5. The van der Waals surface area contributed by atoms with Crippen molar-refractivity contribution in [2.75, 3.05) is 56.1 Å². The predicted octanol–water partition coefficient (Wildman–Crippen LogP) is 12.5. The molecule has 94 heavy (non-hydrogen) atoms. The van der Waals surface area contributed by atoms with E-state index < -0.39 is 72.3 Å². The van der Waals surface area contributed by atoms with Crippen LogP contribution >= 0.6 is 67.7 Å². The molecule has 1 radical (unpaired) electrons. The van der Waals surface area contributed by atoms with Crippen LogP contribution in [-0.4, -0.2) is 148 Å². The number of carbonyl (C=O) groups excluding carboxylic acids is 10. The van der Waals surface area contributed by atoms with Crippen molar-refractivity contribution in [2.24, 2.45) is 11.8 Å². The largest absolute Gasteiger partial charge is 0.293 e. The molecule has 0 unspecified atom stereocenters. The van der Waals surface area contributed by atoms with E-state index in [0.717, 1.165) is 109 Å². The fraction of sp³-hybridized carbons (Fsp3) is 0.521. The number of ether oxygens (including phenoxy) is 4. The molecule has 4 aromatic carbocycles. The Morgan fingerprint density at radius 1 is 0.479 bits per heavy atom. The molecule has 0 bridgehead atoms. The summed E-state index contributed by atoms with van der Waals surface area (Å²) in [7, 11) is 2.42. The molecule has 2 saturated heterocycles. The van der Waals surface area contributed by atoms with Crippen molar-refractivity contribution in [1.29, 1.82) is 0 Å². The van der Waals surface area contributed by atoms with Gasteiger partial charge in [-0.3, -0.25) is 28.8 Å². The second-order valence-corrected chi connectivity index (χ2v) is 33.5. The number of hydrogen-bond donors (Lipinski definition) is 2. The minimum atomic E-state index is -1.32. The zero-order valence-corrected chi connectivity index (χ0v) is 64.1. The van der Waals surface area contributed by atoms with Gasteiger partial charge in [-0.05, 0) is 195 Å². The fourth-order valence-electron chi connectivity index (χ4n) is 14.5. The Morgan fingerprint density at radius 3 is 1.00 bits per heavy atom. The number of halogens is 4. The van der Waals surface area contributed by atoms with Crippen molar-refractivity contribution in [1.82, 2.24) is 20.4 Å². The van der Waals surface area contributed by atoms with Gasteiger partial charge in [-0.1, -0.05) is 108 Å². The van der Waals surface area contributed by atoms with Crippen molar-refractivity contribution in [2.45, 2.75) is 167 Å². The number of alkyl carbamates (subject to hydrolysis) is 2. The summed E-state index contributed by atoms with van der Waals surface area (Å²) in [5.74, 6) is -3.13. The third-order valence-corrected chi connectivity index (χ3v) is 20.3. The summed E-state index contributed by atoms with van der Waals surface area (Å²) in [4.78, 5) is 136. The normalized spacial score (nSPS) is 18.6. The van der Waals surface area contributed by atoms with Gasteiger partial charge in [0.1, 0.15) is 23.2 Å². The summed E-state index contributed by atoms with van der Waals surface area (Å²) < 4.78 is 20.7. The number of amides is 4. The summed E-state index contributed by atoms with van der Waals surface area (Å²) in [6.45, 7) is 10.0. The monoisotopic (exact) mass is 1680 g/mol. The quantitative estimate of drug-likeness (QED) is 0.0275. The number of carbonyl (C=O) groups is 10. The van der Waals surface area contributed by atoms with Crippen LogP contribution in [0.1, 0.15) is 179 Å². The maximum atomic E-state index is 13.8. The molecule has 2 heterocycles. The zero-order chi connectivity index (χ0) is 67.6. The molecule has 2 fully saturated rings. The first kappa shape index (κ1) is 76.4. The van der Waals surface area contributed by atoms with Gasteiger partial charge in [0.15, 0.2) is 24.8 Å². The van der Waals surface area contributed by atoms with Crippen LogP contribution in [0.5, 0.6) is 0 Å². The third-order valence-electron chi connectivity index (χ3n) is 19.3. The van der Waals surface area contributed by atoms with Crippen molar-refractivity contribution < 1.29 is 85.4 Å². The van der Waals surface area contributed by atoms with Crippen LogP contribution in [-0.2, 0) is 108 Å². The van der Waals surface area contributed by atoms with Crippen LogP contribution in [0.15, 0.2) is 48.5 Å². The third kappa shape index (κ3) is 16.2. The van der Waals surface area contributed by atoms with Gasteiger partial charge in [0.25, 0.3) is 0 Å². The van der Waals surface area contributed by atoms with Crippen LogP contribution in [0.3, 0.4) is 0 Å². The van der Waals surface area contributed by atoms with E-state index in [-0.39, 0.29) is 53.5 Å². The van der Waals surface area contributed by atoms with Crippen molar-refractivity contribution in [3.63, 3.8) is 0 Å². The Hall–Kier alpha value is -5.02. The Bertz CT molecular complexity index is 3370. The minimum Gasteiger partial charge on any atom is -0.293 e. The first-order chi connectivity index (χ1) is 44.4. The molecule has 23 heteroatoms. The first-order valence-electron chi connectivity index (χ1n) is 32.1. The molecule has 18 nitrogen and oxygen atoms in total. The van der Waals surface area contributed by atoms with Crippen LogP contribution in [0.25, 0.3) is 22.3 Å². The molecule has 4 aromatic rings. The molecular weight excluding hydrogens is 1600 g/mol. The number of Topliss-reactive ketones (excluding diaryl/α,β-unsaturated/α-hetero) is 4. The number of benzene rings is 4. The second-order valence-electron chi connectivity index (χ2n) is 25.6. The van der Waals surface area contributed by atoms with Crippen molar-refractivity contribution in [3.05, 3.63) is 115 Å². The number of hydrogen-bond acceptors (Lipinski definition) is 14. The maximum absolute atomic E-state index is 13.8. The van der Waals surface area contributed by atoms with Gasteiger partial charge in [0.05, 0.1) is 24.9 Å². The smallest absolute Gasteiger partial charge is 0.173 e. The van der Waals surface area contributed by atoms with E-state index in [1.165, 1.54) is 57.4 Å². The Balaban J connectivity index is 0.000000344. The van der Waals surface area contributed by atoms with Gasteiger partial charge in [-0.2, -0.15) is 0 Å². The van der Waals surface area contributed by atoms with E-state index in [1.54, 1.807) is 53.7 Å². The topological polar surface area (TPSA) is 238 Å². The average molecular weight is 1680 g/mol. The number of alkyl halides is 3. The van der Waals surface area contributed by atoms with E-state index in [4.69, 9.17) is 18.9 Å². The van der Waals surface area contributed by atoms with Crippen LogP contribution in [0.2, 0.25) is 0 Å². The number of nitrogens with one attached hydrogen (secondary N) is 2. The number of rotatable bonds is 20. The molecule has 4 atom stereocenters. The summed E-state index contributed by atoms with van der Waals surface area (Å²) in [5, 5.41) is 5.89. The molecule has 0 spiro atoms. The van der Waals surface area contributed by atoms with E-state index in [1.807, 2.05) is 24.3 Å². The molecule has 4 aliphatic carbocycles. The van der Waals surface area contributed by atoms with Crippen molar-refractivity contribution >= 4 is 127 Å². The standard InChI is InChI=1S/C48H62N4O12.C22H20Br2O2.CH4I2.V/c1-27(2)39(49-45(59)61-7)41(55)51-23-11-21-47(51,5)43(57)63-25-37(53)35-19-17-33(29-13-9-15-31(29)35)34-18-20-36(32-16-10-14-30(32)34)38(54)26-64-44(58)48(6)22-12-24-52(48)42(56)40(28(3)4)50-46(60)62-8;23-11-21(25)19-9-7-17(13-3-1-5-15(13)19)18-8-10-20(22(26)12-24)16-6-2-4-14(16)18;1-3-2;/h17-20,27-28,39-40H,9-16,21-26H2,1-8H3,(H,49,59)(H,50,60);7-10H,1-6,11-12H2;3H,1H3;/t39-,40-,47-,48-;;;/m0.../s1. The molecule has 0 aromatic heterocycles. The van der Waals surface area contributed by atoms with Gasteiger partial charge < -0.3 is 39.4 Å². The number of ketones is 4. The zero-order valence-electron chi connectivity index (χ0n) is 55.1. The molecule has 4 amide bonds. The van der Waals surface area contributed by atoms with Crippen LogP contribution < -0.4 is 10.6 Å². The van der Waals surface area contributed by atoms with E-state index in [9.17, 15) is 47.9 Å². The minimum absolute atomic E-state index is 0. The Morgan fingerprint density at radius 2 is 0.745 bits per heavy atom. The fourth-order valence-corrected chi connectivity index (χ4v) is 15.1. The molecule has 0 saturated carbocycles. The number of nitrogens with zero attached hydrogens (tertiary/aromatic N) is 2. The summed E-state index contributed by atoms with van der Waals surface area (Å²) in [6.07, 6.45) is 11.1. The van der Waals surface area contributed by atoms with E-state index in [2.05, 4.69) is 78.2 Å². The van der Waals surface area contributed by atoms with Gasteiger partial charge in [-0.15, -0.1) is 0 Å². The molecule has 2 aliphatic heterocycles. The Kier molecular flexibility index (Phi) is 27.6. The van der Waals surface area contributed by atoms with Crippen molar-refractivity contribution in [3.8, 4) is 22.3 Å². The molecular formula is C71H86Br2I2N4O14V. The van der Waals surface area contributed by atoms with Crippen LogP contribution in [0, 0.1) is 11.8 Å². The molecule has 10 rings (SSSR count). The van der Waals surface area contributed by atoms with Gasteiger partial charge >= 0.3 is 64.9 Å². The molecule has 2 N–H and O–H groups in total. The van der Waals surface area contributed by atoms with E-state index >= 15 is 0 Å². The molecule has 6 aliphatic rings. The van der Waals surface area contributed by atoms with E-state index in [0.29, 0.717) is 90.6 Å². The van der Waals surface area contributed by atoms with Gasteiger partial charge in [-0.25, -0.2) is 19.2 Å². The number of methoxy groups -OCH3 is 2. The average Bonchev–Trinajstić information content (AvgIpc) is 1.52. The summed E-state index contributed by atoms with van der Waals surface area (Å²) >= 11 is 9.47.